The van der Waals surface area contributed by atoms with Gasteiger partial charge < -0.3 is 19.1 Å². The largest absolute Gasteiger partial charge is 0.497 e. The van der Waals surface area contributed by atoms with Crippen LogP contribution in [0.3, 0.4) is 0 Å². The lowest BCUT2D eigenvalue weighted by atomic mass is 10.1. The van der Waals surface area contributed by atoms with E-state index in [0.29, 0.717) is 37.5 Å². The molecule has 156 valence electrons. The van der Waals surface area contributed by atoms with Crippen molar-refractivity contribution >= 4 is 11.6 Å². The highest BCUT2D eigenvalue weighted by Crippen LogP contribution is 2.24. The minimum Gasteiger partial charge on any atom is -0.497 e. The van der Waals surface area contributed by atoms with Gasteiger partial charge in [-0.3, -0.25) is 4.79 Å². The Morgan fingerprint density at radius 2 is 1.93 bits per heavy atom. The number of hydrogen-bond acceptors (Lipinski definition) is 6. The zero-order valence-electron chi connectivity index (χ0n) is 17.4. The van der Waals surface area contributed by atoms with Crippen LogP contribution in [0.1, 0.15) is 24.3 Å². The second-order valence-electron chi connectivity index (χ2n) is 7.46. The number of benzene rings is 2. The van der Waals surface area contributed by atoms with Gasteiger partial charge in [-0.15, -0.1) is 0 Å². The van der Waals surface area contributed by atoms with E-state index in [4.69, 9.17) is 9.26 Å². The van der Waals surface area contributed by atoms with Gasteiger partial charge in [0.05, 0.1) is 7.11 Å². The quantitative estimate of drug-likeness (QED) is 0.623. The Balaban J connectivity index is 1.31. The Kier molecular flexibility index (Phi) is 5.97. The van der Waals surface area contributed by atoms with Gasteiger partial charge in [0.2, 0.25) is 17.6 Å². The number of carbonyl (C=O) groups excluding carboxylic acids is 1. The molecule has 2 aromatic carbocycles. The highest BCUT2D eigenvalue weighted by atomic mass is 16.5. The molecule has 0 N–H and O–H groups in total. The Hall–Kier alpha value is -3.35. The first kappa shape index (κ1) is 19.9. The van der Waals surface area contributed by atoms with Crippen molar-refractivity contribution in [1.29, 1.82) is 0 Å². The number of para-hydroxylation sites is 1. The molecule has 1 aliphatic rings. The molecule has 0 aliphatic carbocycles. The monoisotopic (exact) mass is 406 g/mol. The fraction of sp³-hybridized carbons (Fsp3) is 0.348. The molecule has 1 aliphatic heterocycles. The van der Waals surface area contributed by atoms with Crippen molar-refractivity contribution in [1.82, 2.24) is 15.0 Å². The highest BCUT2D eigenvalue weighted by Gasteiger charge is 2.21. The average Bonchev–Trinajstić information content (AvgIpc) is 3.18. The number of aromatic nitrogens is 2. The summed E-state index contributed by atoms with van der Waals surface area (Å²) in [4.78, 5) is 21.4. The summed E-state index contributed by atoms with van der Waals surface area (Å²) in [5, 5.41) is 4.05. The molecule has 0 saturated heterocycles. The lowest BCUT2D eigenvalue weighted by Crippen LogP contribution is -2.34. The summed E-state index contributed by atoms with van der Waals surface area (Å²) in [6.45, 7) is 2.21. The lowest BCUT2D eigenvalue weighted by molar-refractivity contribution is -0.131. The second-order valence-corrected chi connectivity index (χ2v) is 7.46. The van der Waals surface area contributed by atoms with Crippen molar-refractivity contribution in [2.75, 3.05) is 32.1 Å². The van der Waals surface area contributed by atoms with Gasteiger partial charge in [0, 0.05) is 50.8 Å². The predicted molar refractivity (Wildman–Crippen MR) is 114 cm³/mol. The molecule has 1 aromatic heterocycles. The first-order chi connectivity index (χ1) is 14.6. The number of aryl methyl sites for hydroxylation is 1. The number of carbonyl (C=O) groups is 1. The molecule has 7 nitrogen and oxygen atoms in total. The molecule has 1 amide bonds. The van der Waals surface area contributed by atoms with Crippen LogP contribution in [0, 0.1) is 0 Å². The number of ether oxygens (including phenoxy) is 1. The van der Waals surface area contributed by atoms with Crippen LogP contribution in [0.2, 0.25) is 0 Å². The highest BCUT2D eigenvalue weighted by molar-refractivity contribution is 5.77. The second kappa shape index (κ2) is 8.98. The summed E-state index contributed by atoms with van der Waals surface area (Å²) < 4.78 is 10.5. The van der Waals surface area contributed by atoms with E-state index in [1.54, 1.807) is 7.11 Å². The van der Waals surface area contributed by atoms with Gasteiger partial charge in [-0.2, -0.15) is 4.98 Å². The standard InChI is InChI=1S/C23H26N4O3/c1-26-14-15-27(16-18-6-3-4-7-20(18)26)22(28)9-5-8-21-24-23(25-30-21)17-10-12-19(29-2)13-11-17/h3-4,6-7,10-13H,5,8-9,14-16H2,1-2H3. The maximum absolute atomic E-state index is 12.8. The van der Waals surface area contributed by atoms with E-state index in [1.807, 2.05) is 41.3 Å². The zero-order chi connectivity index (χ0) is 20.9. The summed E-state index contributed by atoms with van der Waals surface area (Å²) in [6.07, 6.45) is 1.72. The van der Waals surface area contributed by atoms with Crippen molar-refractivity contribution in [3.05, 3.63) is 60.0 Å². The third-order valence-corrected chi connectivity index (χ3v) is 5.42. The van der Waals surface area contributed by atoms with Gasteiger partial charge in [0.1, 0.15) is 5.75 Å². The van der Waals surface area contributed by atoms with Crippen LogP contribution in [0.4, 0.5) is 5.69 Å². The third kappa shape index (κ3) is 4.45. The SMILES string of the molecule is COc1ccc(-c2noc(CCCC(=O)N3CCN(C)c4ccccc4C3)n2)cc1. The molecule has 0 saturated carbocycles. The number of methoxy groups -OCH3 is 1. The van der Waals surface area contributed by atoms with E-state index < -0.39 is 0 Å². The number of fused-ring (bicyclic) bond motifs is 1. The summed E-state index contributed by atoms with van der Waals surface area (Å²) in [5.74, 6) is 2.04. The van der Waals surface area contributed by atoms with E-state index in [0.717, 1.165) is 24.4 Å². The van der Waals surface area contributed by atoms with E-state index >= 15 is 0 Å². The normalized spacial score (nSPS) is 13.7. The topological polar surface area (TPSA) is 71.7 Å². The van der Waals surface area contributed by atoms with Gasteiger partial charge in [0.15, 0.2) is 0 Å². The molecule has 0 fully saturated rings. The summed E-state index contributed by atoms with van der Waals surface area (Å²) in [7, 11) is 3.70. The summed E-state index contributed by atoms with van der Waals surface area (Å²) >= 11 is 0. The molecule has 0 spiro atoms. The van der Waals surface area contributed by atoms with Crippen LogP contribution in [0.5, 0.6) is 5.75 Å². The van der Waals surface area contributed by atoms with Crippen molar-refractivity contribution in [3.63, 3.8) is 0 Å². The van der Waals surface area contributed by atoms with E-state index in [1.165, 1.54) is 11.3 Å². The molecule has 0 unspecified atom stereocenters. The molecule has 0 bridgehead atoms. The van der Waals surface area contributed by atoms with E-state index in [2.05, 4.69) is 34.2 Å². The van der Waals surface area contributed by atoms with E-state index in [9.17, 15) is 4.79 Å². The fourth-order valence-corrected chi connectivity index (χ4v) is 3.67. The molecule has 30 heavy (non-hydrogen) atoms. The van der Waals surface area contributed by atoms with Crippen LogP contribution in [-0.2, 0) is 17.8 Å². The van der Waals surface area contributed by atoms with Gasteiger partial charge >= 0.3 is 0 Å². The molecular formula is C23H26N4O3. The predicted octanol–water partition coefficient (Wildman–Crippen LogP) is 3.55. The van der Waals surface area contributed by atoms with Crippen molar-refractivity contribution in [2.24, 2.45) is 0 Å². The fourth-order valence-electron chi connectivity index (χ4n) is 3.67. The Morgan fingerprint density at radius 1 is 1.13 bits per heavy atom. The minimum absolute atomic E-state index is 0.162. The Bertz CT molecular complexity index is 1000. The molecule has 2 heterocycles. The van der Waals surface area contributed by atoms with Crippen LogP contribution in [-0.4, -0.2) is 48.2 Å². The average molecular weight is 406 g/mol. The number of hydrogen-bond donors (Lipinski definition) is 0. The number of nitrogens with zero attached hydrogens (tertiary/aromatic N) is 4. The first-order valence-corrected chi connectivity index (χ1v) is 10.2. The number of likely N-dealkylation sites (N-methyl/N-ethyl adjacent to an activating group) is 1. The number of anilines is 1. The van der Waals surface area contributed by atoms with Crippen molar-refractivity contribution < 1.29 is 14.1 Å². The molecule has 0 atom stereocenters. The van der Waals surface area contributed by atoms with Crippen LogP contribution in [0.25, 0.3) is 11.4 Å². The molecular weight excluding hydrogens is 380 g/mol. The Morgan fingerprint density at radius 3 is 2.73 bits per heavy atom. The van der Waals surface area contributed by atoms with Crippen molar-refractivity contribution in [3.8, 4) is 17.1 Å². The molecule has 7 heteroatoms. The maximum atomic E-state index is 12.8. The van der Waals surface area contributed by atoms with Gasteiger partial charge in [0.25, 0.3) is 0 Å². The van der Waals surface area contributed by atoms with Gasteiger partial charge in [-0.1, -0.05) is 23.4 Å². The third-order valence-electron chi connectivity index (χ3n) is 5.42. The van der Waals surface area contributed by atoms with Crippen molar-refractivity contribution in [2.45, 2.75) is 25.8 Å². The lowest BCUT2D eigenvalue weighted by Gasteiger charge is -2.21. The summed E-state index contributed by atoms with van der Waals surface area (Å²) in [5.41, 5.74) is 3.26. The van der Waals surface area contributed by atoms with Crippen LogP contribution >= 0.6 is 0 Å². The molecule has 0 radical (unpaired) electrons. The number of rotatable bonds is 6. The van der Waals surface area contributed by atoms with E-state index in [-0.39, 0.29) is 5.91 Å². The minimum atomic E-state index is 0.162. The van der Waals surface area contributed by atoms with Gasteiger partial charge in [-0.25, -0.2) is 0 Å². The molecule has 4 rings (SSSR count). The zero-order valence-corrected chi connectivity index (χ0v) is 17.4. The van der Waals surface area contributed by atoms with Crippen LogP contribution < -0.4 is 9.64 Å². The summed E-state index contributed by atoms with van der Waals surface area (Å²) in [6, 6.07) is 15.8. The van der Waals surface area contributed by atoms with Gasteiger partial charge in [-0.05, 0) is 42.3 Å². The Labute approximate surface area is 176 Å². The first-order valence-electron chi connectivity index (χ1n) is 10.2. The smallest absolute Gasteiger partial charge is 0.226 e. The maximum Gasteiger partial charge on any atom is 0.226 e. The van der Waals surface area contributed by atoms with Crippen LogP contribution in [0.15, 0.2) is 53.1 Å². The number of amides is 1. The molecule has 3 aromatic rings.